The van der Waals surface area contributed by atoms with Crippen LogP contribution in [-0.4, -0.2) is 14.1 Å². The largest absolute Gasteiger partial charge is 0.668 e. The second kappa shape index (κ2) is 122. The molecule has 0 aliphatic carbocycles. The van der Waals surface area contributed by atoms with Gasteiger partial charge in [0.1, 0.15) is 0 Å². The molecule has 0 heterocycles. The van der Waals surface area contributed by atoms with E-state index in [0.29, 0.717) is 0 Å². The molecule has 0 rings (SSSR count). The minimum atomic E-state index is 0. The molecule has 0 saturated heterocycles. The van der Waals surface area contributed by atoms with Crippen molar-refractivity contribution in [1.82, 2.24) is 0 Å². The van der Waals surface area contributed by atoms with E-state index in [4.69, 9.17) is 0 Å². The molecule has 0 radical (unpaired) electrons. The number of hydrogen-bond donors (Lipinski definition) is 0. The van der Waals surface area contributed by atoms with Crippen LogP contribution in [0, 0.1) is 29.7 Å². The summed E-state index contributed by atoms with van der Waals surface area (Å²) in [5.74, 6) is 0. The maximum absolute atomic E-state index is 3.50. The van der Waals surface area contributed by atoms with E-state index in [2.05, 4.69) is 5.32 Å². The number of hydrogen-bond acceptors (Lipinski definition) is 0. The normalized spacial score (nSPS) is 2.25. The summed E-state index contributed by atoms with van der Waals surface area (Å²) in [6.07, 6.45) is 0. The fourth-order valence-corrected chi connectivity index (χ4v) is 0. The van der Waals surface area contributed by atoms with Crippen LogP contribution in [0.2, 0.25) is 0 Å². The Labute approximate surface area is 71.1 Å². The summed E-state index contributed by atoms with van der Waals surface area (Å²) in [7, 11) is 3.50. The van der Waals surface area contributed by atoms with Crippen LogP contribution in [-0.2, 0) is 21.7 Å². The maximum Gasteiger partial charge on any atom is 0 e. The standard InChI is InChI=1S/C2H6N.4CH3.Ti/c1-3-2;;;;;/h1-2H3;4*1H3;/q5*-1;. The van der Waals surface area contributed by atoms with Crippen LogP contribution in [0.1, 0.15) is 0 Å². The molecule has 0 bridgehead atoms. The summed E-state index contributed by atoms with van der Waals surface area (Å²) in [5.41, 5.74) is 0. The zero-order chi connectivity index (χ0) is 2.71. The van der Waals surface area contributed by atoms with E-state index < -0.39 is 0 Å². The number of rotatable bonds is 0. The third-order valence-corrected chi connectivity index (χ3v) is 0. The van der Waals surface area contributed by atoms with Gasteiger partial charge < -0.3 is 35.0 Å². The summed E-state index contributed by atoms with van der Waals surface area (Å²) in [6, 6.07) is 0. The predicted octanol–water partition coefficient (Wildman–Crippen LogP) is 2.42. The summed E-state index contributed by atoms with van der Waals surface area (Å²) >= 11 is 0. The zero-order valence-corrected chi connectivity index (χ0v) is 8.51. The Morgan fingerprint density at radius 2 is 0.750 bits per heavy atom. The monoisotopic (exact) mass is 152 g/mol. The Morgan fingerprint density at radius 1 is 0.750 bits per heavy atom. The van der Waals surface area contributed by atoms with E-state index in [9.17, 15) is 0 Å². The van der Waals surface area contributed by atoms with Crippen LogP contribution < -0.4 is 0 Å². The minimum Gasteiger partial charge on any atom is -0.668 e. The van der Waals surface area contributed by atoms with E-state index in [0.717, 1.165) is 0 Å². The average molecular weight is 152 g/mol. The third-order valence-electron chi connectivity index (χ3n) is 0. The second-order valence-electron chi connectivity index (χ2n) is 0.447. The van der Waals surface area contributed by atoms with Crippen molar-refractivity contribution in [3.8, 4) is 0 Å². The summed E-state index contributed by atoms with van der Waals surface area (Å²) < 4.78 is 0. The second-order valence-corrected chi connectivity index (χ2v) is 0.447. The molecule has 0 amide bonds. The Morgan fingerprint density at radius 3 is 0.750 bits per heavy atom. The minimum absolute atomic E-state index is 0. The molecule has 0 aliphatic heterocycles. The van der Waals surface area contributed by atoms with Gasteiger partial charge in [-0.1, -0.05) is 0 Å². The van der Waals surface area contributed by atoms with Crippen molar-refractivity contribution in [2.45, 2.75) is 0 Å². The molecule has 56 valence electrons. The van der Waals surface area contributed by atoms with Crippen molar-refractivity contribution in [1.29, 1.82) is 0 Å². The summed E-state index contributed by atoms with van der Waals surface area (Å²) in [4.78, 5) is 0. The van der Waals surface area contributed by atoms with Gasteiger partial charge in [-0.2, -0.15) is 14.1 Å². The first-order valence-corrected chi connectivity index (χ1v) is 0.894. The van der Waals surface area contributed by atoms with Gasteiger partial charge >= 0.3 is 0 Å². The Kier molecular flexibility index (Phi) is 1090. The van der Waals surface area contributed by atoms with Gasteiger partial charge in [0.15, 0.2) is 0 Å². The molecule has 0 aliphatic rings. The van der Waals surface area contributed by atoms with Crippen LogP contribution in [0.4, 0.5) is 0 Å². The van der Waals surface area contributed by atoms with Gasteiger partial charge in [-0.15, -0.1) is 0 Å². The van der Waals surface area contributed by atoms with Gasteiger partial charge in [0.2, 0.25) is 0 Å². The SMILES string of the molecule is C[N-]C.[CH3-].[CH3-].[CH3-].[CH3-].[Ti]. The van der Waals surface area contributed by atoms with E-state index in [1.165, 1.54) is 0 Å². The summed E-state index contributed by atoms with van der Waals surface area (Å²) in [6.45, 7) is 0. The molecule has 1 nitrogen and oxygen atoms in total. The van der Waals surface area contributed by atoms with E-state index >= 15 is 0 Å². The van der Waals surface area contributed by atoms with Crippen molar-refractivity contribution < 1.29 is 21.7 Å². The van der Waals surface area contributed by atoms with E-state index in [1.54, 1.807) is 14.1 Å². The van der Waals surface area contributed by atoms with Crippen molar-refractivity contribution in [2.24, 2.45) is 0 Å². The van der Waals surface area contributed by atoms with Gasteiger partial charge in [-0.25, -0.2) is 0 Å². The molecule has 2 heteroatoms. The quantitative estimate of drug-likeness (QED) is 0.374. The van der Waals surface area contributed by atoms with Gasteiger partial charge in [0.25, 0.3) is 0 Å². The molecule has 0 fully saturated rings. The molecule has 0 aromatic heterocycles. The molecule has 0 aromatic rings. The van der Waals surface area contributed by atoms with Gasteiger partial charge in [-0.3, -0.25) is 0 Å². The molecule has 0 atom stereocenters. The van der Waals surface area contributed by atoms with Crippen LogP contribution >= 0.6 is 0 Å². The van der Waals surface area contributed by atoms with Crippen molar-refractivity contribution in [3.63, 3.8) is 0 Å². The van der Waals surface area contributed by atoms with Crippen molar-refractivity contribution in [2.75, 3.05) is 14.1 Å². The first-order chi connectivity index (χ1) is 1.41. The topological polar surface area (TPSA) is 14.1 Å². The van der Waals surface area contributed by atoms with Crippen LogP contribution in [0.3, 0.4) is 0 Å². The van der Waals surface area contributed by atoms with Crippen molar-refractivity contribution >= 4 is 0 Å². The molecule has 0 N–H and O–H groups in total. The summed E-state index contributed by atoms with van der Waals surface area (Å²) in [5, 5.41) is 3.50. The fraction of sp³-hybridized carbons (Fsp3) is 0.333. The average Bonchev–Trinajstić information content (AvgIpc) is 0.918. The van der Waals surface area contributed by atoms with Gasteiger partial charge in [-0.05, 0) is 0 Å². The zero-order valence-electron chi connectivity index (χ0n) is 6.95. The van der Waals surface area contributed by atoms with Crippen LogP contribution in [0.25, 0.3) is 5.32 Å². The first-order valence-electron chi connectivity index (χ1n) is 0.894. The van der Waals surface area contributed by atoms with Gasteiger partial charge in [0.05, 0.1) is 0 Å². The molecule has 0 spiro atoms. The molecule has 0 unspecified atom stereocenters. The maximum atomic E-state index is 3.50. The first kappa shape index (κ1) is 71.4. The van der Waals surface area contributed by atoms with Crippen molar-refractivity contribution in [3.05, 3.63) is 35.0 Å². The smallest absolute Gasteiger partial charge is 0 e. The van der Waals surface area contributed by atoms with Crippen LogP contribution in [0.5, 0.6) is 0 Å². The molecular formula is C6H18NTi-5. The van der Waals surface area contributed by atoms with E-state index in [-0.39, 0.29) is 51.4 Å². The molecular weight excluding hydrogens is 134 g/mol. The predicted molar refractivity (Wildman–Crippen MR) is 40.9 cm³/mol. The van der Waals surface area contributed by atoms with Gasteiger partial charge in [0, 0.05) is 21.7 Å². The molecule has 8 heavy (non-hydrogen) atoms. The van der Waals surface area contributed by atoms with Crippen LogP contribution in [0.15, 0.2) is 0 Å². The Hall–Kier alpha value is 0.674. The third kappa shape index (κ3) is 473. The Balaban J connectivity index is -0.00000000200. The molecule has 0 aromatic carbocycles. The number of nitrogens with zero attached hydrogens (tertiary/aromatic N) is 1. The Bertz CT molecular complexity index is 8.49. The fourth-order valence-electron chi connectivity index (χ4n) is 0. The van der Waals surface area contributed by atoms with E-state index in [1.807, 2.05) is 0 Å². The molecule has 0 saturated carbocycles.